The van der Waals surface area contributed by atoms with Gasteiger partial charge >= 0.3 is 23.1 Å². The van der Waals surface area contributed by atoms with E-state index in [4.69, 9.17) is 0 Å². The molecule has 0 unspecified atom stereocenters. The maximum atomic E-state index is 3.05. The van der Waals surface area contributed by atoms with Gasteiger partial charge in [0.05, 0.1) is 0 Å². The third kappa shape index (κ3) is 5.54. The van der Waals surface area contributed by atoms with Crippen LogP contribution < -0.4 is 12.4 Å². The van der Waals surface area contributed by atoms with Crippen LogP contribution in [0, 0.1) is 6.07 Å². The predicted octanol–water partition coefficient (Wildman–Crippen LogP) is -0.938. The molecule has 0 N–H and O–H groups in total. The first-order valence-corrected chi connectivity index (χ1v) is 3.38. The smallest absolute Gasteiger partial charge is 1.00 e. The molecule has 1 rings (SSSR count). The van der Waals surface area contributed by atoms with Gasteiger partial charge < -0.3 is 12.4 Å². The minimum atomic E-state index is 0. The normalized spacial score (nSPS) is 7.73. The fourth-order valence-corrected chi connectivity index (χ4v) is 0.875. The van der Waals surface area contributed by atoms with Crippen molar-refractivity contribution >= 4 is 23.1 Å². The van der Waals surface area contributed by atoms with E-state index in [9.17, 15) is 0 Å². The van der Waals surface area contributed by atoms with E-state index in [-0.39, 0.29) is 35.5 Å². The monoisotopic (exact) mass is 178 g/mol. The summed E-state index contributed by atoms with van der Waals surface area (Å²) in [6.45, 7) is 2.19. The Morgan fingerprint density at radius 2 is 2.18 bits per heavy atom. The van der Waals surface area contributed by atoms with Gasteiger partial charge in [-0.1, -0.05) is 19.8 Å². The van der Waals surface area contributed by atoms with Crippen LogP contribution in [0.3, 0.4) is 0 Å². The SMILES string of the molecule is CCCc1c[c-]ccc1.[Cl-].[Mg+2]. The number of benzene rings is 1. The quantitative estimate of drug-likeness (QED) is 0.406. The molecule has 0 heterocycles. The molecule has 0 amide bonds. The molecule has 0 fully saturated rings. The van der Waals surface area contributed by atoms with Gasteiger partial charge in [0, 0.05) is 0 Å². The van der Waals surface area contributed by atoms with E-state index in [0.717, 1.165) is 0 Å². The Morgan fingerprint density at radius 3 is 2.64 bits per heavy atom. The van der Waals surface area contributed by atoms with Crippen molar-refractivity contribution in [2.75, 3.05) is 0 Å². The summed E-state index contributed by atoms with van der Waals surface area (Å²) in [6.07, 6.45) is 2.40. The number of halogens is 1. The van der Waals surface area contributed by atoms with Crippen molar-refractivity contribution in [2.24, 2.45) is 0 Å². The Labute approximate surface area is 90.9 Å². The maximum absolute atomic E-state index is 3.05. The molecule has 0 bridgehead atoms. The topological polar surface area (TPSA) is 0 Å². The fraction of sp³-hybridized carbons (Fsp3) is 0.333. The molecule has 0 saturated heterocycles. The fourth-order valence-electron chi connectivity index (χ4n) is 0.875. The van der Waals surface area contributed by atoms with Gasteiger partial charge in [-0.15, -0.1) is 0 Å². The summed E-state index contributed by atoms with van der Waals surface area (Å²) in [4.78, 5) is 0. The molecule has 0 nitrogen and oxygen atoms in total. The largest absolute Gasteiger partial charge is 2.00 e. The summed E-state index contributed by atoms with van der Waals surface area (Å²) >= 11 is 0. The molecule has 0 spiro atoms. The number of rotatable bonds is 2. The summed E-state index contributed by atoms with van der Waals surface area (Å²) in [5.74, 6) is 0. The Balaban J connectivity index is 0. The zero-order valence-electron chi connectivity index (χ0n) is 6.81. The van der Waals surface area contributed by atoms with Gasteiger partial charge in [-0.2, -0.15) is 35.9 Å². The molecule has 0 aromatic heterocycles. The summed E-state index contributed by atoms with van der Waals surface area (Å²) in [5.41, 5.74) is 1.39. The van der Waals surface area contributed by atoms with Crippen molar-refractivity contribution in [3.05, 3.63) is 35.9 Å². The molecule has 1 aromatic rings. The second-order valence-corrected chi connectivity index (χ2v) is 2.16. The minimum Gasteiger partial charge on any atom is -1.00 e. The molecule has 56 valence electrons. The summed E-state index contributed by atoms with van der Waals surface area (Å²) in [7, 11) is 0. The van der Waals surface area contributed by atoms with Gasteiger partial charge in [-0.05, 0) is 0 Å². The van der Waals surface area contributed by atoms with Crippen LogP contribution in [0.25, 0.3) is 0 Å². The van der Waals surface area contributed by atoms with Gasteiger partial charge in [0.1, 0.15) is 0 Å². The average Bonchev–Trinajstić information content (AvgIpc) is 1.91. The van der Waals surface area contributed by atoms with Gasteiger partial charge in [0.2, 0.25) is 0 Å². The standard InChI is InChI=1S/C9H11.ClH.Mg/c1-2-6-9-7-4-3-5-8-9;;/h3-4,7-8H,2,6H2,1H3;1H;/q-1;;+2/p-1. The summed E-state index contributed by atoms with van der Waals surface area (Å²) in [5, 5.41) is 0. The van der Waals surface area contributed by atoms with E-state index in [2.05, 4.69) is 19.1 Å². The zero-order valence-corrected chi connectivity index (χ0v) is 8.98. The first-order chi connectivity index (χ1) is 4.43. The molecule has 11 heavy (non-hydrogen) atoms. The third-order valence-electron chi connectivity index (χ3n) is 1.31. The molecular formula is C9H11ClMg. The second-order valence-electron chi connectivity index (χ2n) is 2.16. The van der Waals surface area contributed by atoms with Crippen LogP contribution in [0.1, 0.15) is 18.9 Å². The van der Waals surface area contributed by atoms with Crippen molar-refractivity contribution < 1.29 is 12.4 Å². The molecule has 0 aliphatic carbocycles. The van der Waals surface area contributed by atoms with Crippen LogP contribution >= 0.6 is 0 Å². The molecule has 0 atom stereocenters. The minimum absolute atomic E-state index is 0. The molecule has 2 heteroatoms. The van der Waals surface area contributed by atoms with E-state index in [1.54, 1.807) is 0 Å². The zero-order chi connectivity index (χ0) is 6.53. The molecule has 1 aromatic carbocycles. The molecule has 0 radical (unpaired) electrons. The molecule has 0 aliphatic rings. The van der Waals surface area contributed by atoms with Crippen molar-refractivity contribution in [3.8, 4) is 0 Å². The van der Waals surface area contributed by atoms with Gasteiger partial charge in [0.15, 0.2) is 0 Å². The van der Waals surface area contributed by atoms with Crippen LogP contribution in [0.4, 0.5) is 0 Å². The molecular weight excluding hydrogens is 168 g/mol. The van der Waals surface area contributed by atoms with E-state index < -0.39 is 0 Å². The number of hydrogen-bond donors (Lipinski definition) is 0. The van der Waals surface area contributed by atoms with Crippen LogP contribution in [-0.2, 0) is 6.42 Å². The maximum Gasteiger partial charge on any atom is 2.00 e. The third-order valence-corrected chi connectivity index (χ3v) is 1.31. The van der Waals surface area contributed by atoms with Crippen molar-refractivity contribution in [2.45, 2.75) is 19.8 Å². The summed E-state index contributed by atoms with van der Waals surface area (Å²) < 4.78 is 0. The predicted molar refractivity (Wildman–Crippen MR) is 45.0 cm³/mol. The summed E-state index contributed by atoms with van der Waals surface area (Å²) in [6, 6.07) is 11.2. The number of aryl methyl sites for hydroxylation is 1. The molecule has 0 aliphatic heterocycles. The number of hydrogen-bond acceptors (Lipinski definition) is 0. The van der Waals surface area contributed by atoms with Gasteiger partial charge in [-0.25, -0.2) is 0 Å². The Morgan fingerprint density at radius 1 is 1.45 bits per heavy atom. The van der Waals surface area contributed by atoms with Crippen molar-refractivity contribution in [3.63, 3.8) is 0 Å². The van der Waals surface area contributed by atoms with Crippen LogP contribution in [0.2, 0.25) is 0 Å². The van der Waals surface area contributed by atoms with Gasteiger partial charge in [-0.3, -0.25) is 0 Å². The van der Waals surface area contributed by atoms with E-state index in [0.29, 0.717) is 0 Å². The van der Waals surface area contributed by atoms with E-state index in [1.807, 2.05) is 18.2 Å². The van der Waals surface area contributed by atoms with Crippen molar-refractivity contribution in [1.82, 2.24) is 0 Å². The van der Waals surface area contributed by atoms with E-state index >= 15 is 0 Å². The van der Waals surface area contributed by atoms with Gasteiger partial charge in [0.25, 0.3) is 0 Å². The first-order valence-electron chi connectivity index (χ1n) is 3.38. The Bertz CT molecular complexity index is 162. The second kappa shape index (κ2) is 8.37. The van der Waals surface area contributed by atoms with Crippen LogP contribution in [0.5, 0.6) is 0 Å². The van der Waals surface area contributed by atoms with Crippen LogP contribution in [-0.4, -0.2) is 23.1 Å². The Kier molecular flexibility index (Phi) is 10.5. The first kappa shape index (κ1) is 13.8. The van der Waals surface area contributed by atoms with Crippen LogP contribution in [0.15, 0.2) is 24.3 Å². The average molecular weight is 179 g/mol. The Hall–Kier alpha value is 0.276. The van der Waals surface area contributed by atoms with Crippen molar-refractivity contribution in [1.29, 1.82) is 0 Å². The molecule has 0 saturated carbocycles. The van der Waals surface area contributed by atoms with E-state index in [1.165, 1.54) is 18.4 Å².